The number of hydrogen-bond acceptors (Lipinski definition) is 4. The number of hydrogen-bond donors (Lipinski definition) is 1. The Morgan fingerprint density at radius 3 is 2.80 bits per heavy atom. The Kier molecular flexibility index (Phi) is 4.55. The van der Waals surface area contributed by atoms with Crippen molar-refractivity contribution in [3.05, 3.63) is 41.4 Å². The molecule has 2 unspecified atom stereocenters. The van der Waals surface area contributed by atoms with Crippen molar-refractivity contribution in [2.24, 2.45) is 4.74 Å². The highest BCUT2D eigenvalue weighted by atomic mass is 35.5. The van der Waals surface area contributed by atoms with Crippen LogP contribution in [0.25, 0.3) is 10.8 Å². The van der Waals surface area contributed by atoms with E-state index in [1.54, 1.807) is 18.2 Å². The van der Waals surface area contributed by atoms with E-state index in [0.717, 1.165) is 5.39 Å². The van der Waals surface area contributed by atoms with Gasteiger partial charge in [-0.3, -0.25) is 4.52 Å². The molecule has 0 heterocycles. The van der Waals surface area contributed by atoms with Gasteiger partial charge in [-0.05, 0) is 18.4 Å². The fraction of sp³-hybridized carbons (Fsp3) is 0.154. The maximum Gasteiger partial charge on any atom is 0.395 e. The second-order valence-electron chi connectivity index (χ2n) is 4.06. The summed E-state index contributed by atoms with van der Waals surface area (Å²) < 4.78 is 8.78. The lowest BCUT2D eigenvalue weighted by molar-refractivity contribution is -0.169. The number of benzene rings is 2. The van der Waals surface area contributed by atoms with Gasteiger partial charge in [0.2, 0.25) is 5.75 Å². The molecule has 0 saturated heterocycles. The Bertz CT molecular complexity index is 689. The highest BCUT2D eigenvalue weighted by Gasteiger charge is 2.18. The molecule has 0 spiro atoms. The number of carboxylic acids is 1. The molecule has 0 bridgehead atoms. The topological polar surface area (TPSA) is 82.0 Å². The van der Waals surface area contributed by atoms with Crippen LogP contribution in [0.1, 0.15) is 6.92 Å². The zero-order chi connectivity index (χ0) is 14.7. The van der Waals surface area contributed by atoms with Crippen molar-refractivity contribution < 1.29 is 19.3 Å². The third-order valence-electron chi connectivity index (χ3n) is 2.63. The summed E-state index contributed by atoms with van der Waals surface area (Å²) in [6.07, 6.45) is 0. The molecule has 2 atom stereocenters. The first-order valence-corrected chi connectivity index (χ1v) is 7.26. The predicted octanol–water partition coefficient (Wildman–Crippen LogP) is 3.20. The number of fused-ring (bicyclic) bond motifs is 1. The van der Waals surface area contributed by atoms with E-state index in [2.05, 4.69) is 4.74 Å². The normalized spacial score (nSPS) is 13.2. The van der Waals surface area contributed by atoms with Gasteiger partial charge >= 0.3 is 14.1 Å². The van der Waals surface area contributed by atoms with Crippen molar-refractivity contribution in [1.29, 1.82) is 0 Å². The van der Waals surface area contributed by atoms with Gasteiger partial charge in [0, 0.05) is 5.39 Å². The van der Waals surface area contributed by atoms with E-state index in [0.29, 0.717) is 10.4 Å². The summed E-state index contributed by atoms with van der Waals surface area (Å²) >= 11 is 6.03. The molecular weight excluding hydrogens is 301 g/mol. The van der Waals surface area contributed by atoms with E-state index in [-0.39, 0.29) is 5.75 Å². The fourth-order valence-corrected chi connectivity index (χ4v) is 2.64. The molecular formula is C13H11ClNO4P. The summed E-state index contributed by atoms with van der Waals surface area (Å²) in [5.41, 5.74) is 0. The largest absolute Gasteiger partial charge is 0.575 e. The summed E-state index contributed by atoms with van der Waals surface area (Å²) in [5, 5.41) is 10.6. The van der Waals surface area contributed by atoms with Gasteiger partial charge in [0.05, 0.1) is 5.02 Å². The molecule has 2 aromatic carbocycles. The second-order valence-corrected chi connectivity index (χ2v) is 5.35. The standard InChI is InChI=1S/C13H11ClNO4P/c1-8(13(16)17)15-20(18)19-12-10-5-3-2-4-9(10)6-7-11(12)14/h2-8H,1H3,(H,16,17). The molecule has 2 aromatic rings. The maximum atomic E-state index is 11.8. The summed E-state index contributed by atoms with van der Waals surface area (Å²) in [6.45, 7) is 1.32. The van der Waals surface area contributed by atoms with Crippen LogP contribution in [0.3, 0.4) is 0 Å². The molecule has 0 aromatic heterocycles. The number of nitrogens with zero attached hydrogens (tertiary/aromatic N) is 1. The van der Waals surface area contributed by atoms with Crippen LogP contribution in [-0.2, 0) is 4.79 Å². The molecule has 1 N–H and O–H groups in total. The van der Waals surface area contributed by atoms with Crippen molar-refractivity contribution in [2.75, 3.05) is 0 Å². The Morgan fingerprint density at radius 2 is 2.10 bits per heavy atom. The smallest absolute Gasteiger partial charge is 0.395 e. The van der Waals surface area contributed by atoms with Crippen LogP contribution in [0.15, 0.2) is 41.1 Å². The van der Waals surface area contributed by atoms with Gasteiger partial charge in [-0.15, -0.1) is 0 Å². The van der Waals surface area contributed by atoms with Crippen LogP contribution in [0.2, 0.25) is 5.02 Å². The quantitative estimate of drug-likeness (QED) is 0.879. The van der Waals surface area contributed by atoms with Gasteiger partial charge < -0.3 is 10.00 Å². The molecule has 0 radical (unpaired) electrons. The lowest BCUT2D eigenvalue weighted by Gasteiger charge is -2.06. The molecule has 0 amide bonds. The van der Waals surface area contributed by atoms with Gasteiger partial charge in [0.25, 0.3) is 0 Å². The van der Waals surface area contributed by atoms with Gasteiger partial charge in [-0.1, -0.05) is 46.7 Å². The molecule has 7 heteroatoms. The molecule has 0 saturated carbocycles. The van der Waals surface area contributed by atoms with Crippen molar-refractivity contribution >= 4 is 36.5 Å². The summed E-state index contributed by atoms with van der Waals surface area (Å²) in [4.78, 5) is 22.4. The van der Waals surface area contributed by atoms with Crippen molar-refractivity contribution in [1.82, 2.24) is 0 Å². The average Bonchev–Trinajstić information content (AvgIpc) is 2.42. The number of carbonyl (C=O) groups is 1. The molecule has 0 fully saturated rings. The van der Waals surface area contributed by atoms with E-state index in [4.69, 9.17) is 21.2 Å². The highest BCUT2D eigenvalue weighted by molar-refractivity contribution is 7.34. The minimum absolute atomic E-state index is 0.243. The highest BCUT2D eigenvalue weighted by Crippen LogP contribution is 2.37. The van der Waals surface area contributed by atoms with Gasteiger partial charge in [-0.2, -0.15) is 0 Å². The van der Waals surface area contributed by atoms with Crippen LogP contribution in [-0.4, -0.2) is 17.1 Å². The Hall–Kier alpha value is -1.68. The van der Waals surface area contributed by atoms with E-state index in [1.165, 1.54) is 6.92 Å². The molecule has 20 heavy (non-hydrogen) atoms. The van der Waals surface area contributed by atoms with E-state index in [1.807, 2.05) is 18.2 Å². The number of halogens is 1. The van der Waals surface area contributed by atoms with E-state index < -0.39 is 20.2 Å². The lowest BCUT2D eigenvalue weighted by atomic mass is 10.1. The summed E-state index contributed by atoms with van der Waals surface area (Å²) in [6, 6.07) is 9.64. The van der Waals surface area contributed by atoms with Gasteiger partial charge in [0.1, 0.15) is 0 Å². The summed E-state index contributed by atoms with van der Waals surface area (Å²) in [5.74, 6) is -0.923. The first-order valence-electron chi connectivity index (χ1n) is 5.75. The average molecular weight is 312 g/mol. The summed E-state index contributed by atoms with van der Waals surface area (Å²) in [7, 11) is -2.51. The minimum Gasteiger partial charge on any atom is -0.575 e. The number of rotatable bonds is 4. The van der Waals surface area contributed by atoms with E-state index in [9.17, 15) is 9.69 Å². The fourth-order valence-electron chi connectivity index (χ4n) is 1.60. The molecule has 0 aliphatic rings. The van der Waals surface area contributed by atoms with Crippen LogP contribution in [0.4, 0.5) is 0 Å². The molecule has 5 nitrogen and oxygen atoms in total. The number of aliphatic carboxylic acids is 1. The minimum atomic E-state index is -2.51. The first-order chi connectivity index (χ1) is 9.49. The van der Waals surface area contributed by atoms with Crippen LogP contribution < -0.4 is 9.42 Å². The Morgan fingerprint density at radius 1 is 1.40 bits per heavy atom. The number of carboxylic acid groups (broad SMARTS) is 1. The monoisotopic (exact) mass is 311 g/mol. The van der Waals surface area contributed by atoms with Gasteiger partial charge in [0.15, 0.2) is 6.04 Å². The van der Waals surface area contributed by atoms with Crippen LogP contribution in [0.5, 0.6) is 5.75 Å². The van der Waals surface area contributed by atoms with Crippen LogP contribution in [0, 0.1) is 0 Å². The predicted molar refractivity (Wildman–Crippen MR) is 76.0 cm³/mol. The molecule has 104 valence electrons. The molecule has 0 aliphatic heterocycles. The van der Waals surface area contributed by atoms with E-state index >= 15 is 0 Å². The molecule has 0 aliphatic carbocycles. The first kappa shape index (κ1) is 14.7. The van der Waals surface area contributed by atoms with Crippen molar-refractivity contribution in [2.45, 2.75) is 13.0 Å². The zero-order valence-corrected chi connectivity index (χ0v) is 12.1. The lowest BCUT2D eigenvalue weighted by Crippen LogP contribution is -2.13. The van der Waals surface area contributed by atoms with Crippen LogP contribution >= 0.6 is 19.8 Å². The third kappa shape index (κ3) is 3.25. The Balaban J connectivity index is 2.38. The maximum absolute atomic E-state index is 11.8. The molecule has 2 rings (SSSR count). The second kappa shape index (κ2) is 6.18. The SMILES string of the molecule is CC(/N=[P+](\[O-])Oc1c(Cl)ccc2ccccc12)C(=O)O. The van der Waals surface area contributed by atoms with Gasteiger partial charge in [-0.25, -0.2) is 4.79 Å². The van der Waals surface area contributed by atoms with Crippen molar-refractivity contribution in [3.8, 4) is 5.75 Å². The zero-order valence-electron chi connectivity index (χ0n) is 10.5. The third-order valence-corrected chi connectivity index (χ3v) is 3.80. The Labute approximate surface area is 121 Å². The van der Waals surface area contributed by atoms with Crippen molar-refractivity contribution in [3.63, 3.8) is 0 Å².